The molecule has 0 saturated carbocycles. The summed E-state index contributed by atoms with van der Waals surface area (Å²) in [6.07, 6.45) is 88.5. The van der Waals surface area contributed by atoms with Gasteiger partial charge in [0.05, 0.1) is 26.4 Å². The number of hydrogen-bond acceptors (Lipinski definition) is 15. The van der Waals surface area contributed by atoms with E-state index in [4.69, 9.17) is 37.0 Å². The number of hydrogen-bond donors (Lipinski definition) is 3. The van der Waals surface area contributed by atoms with E-state index in [0.29, 0.717) is 32.1 Å². The molecule has 0 spiro atoms. The van der Waals surface area contributed by atoms with Crippen LogP contribution in [0.25, 0.3) is 0 Å². The number of esters is 4. The van der Waals surface area contributed by atoms with Crippen LogP contribution in [0.15, 0.2) is 134 Å². The van der Waals surface area contributed by atoms with Crippen LogP contribution in [0.4, 0.5) is 0 Å². The number of carbonyl (C=O) groups excluding carboxylic acids is 4. The average Bonchev–Trinajstić information content (AvgIpc) is 0.906. The third-order valence-electron chi connectivity index (χ3n) is 17.1. The normalized spacial score (nSPS) is 14.5. The Balaban J connectivity index is 5.47. The van der Waals surface area contributed by atoms with Gasteiger partial charge >= 0.3 is 39.5 Å². The van der Waals surface area contributed by atoms with Gasteiger partial charge in [-0.15, -0.1) is 0 Å². The van der Waals surface area contributed by atoms with Crippen molar-refractivity contribution in [2.24, 2.45) is 0 Å². The Kier molecular flexibility index (Phi) is 74.8. The van der Waals surface area contributed by atoms with Gasteiger partial charge in [-0.2, -0.15) is 0 Å². The fraction of sp³-hybridized carbons (Fsp3) is 0.701. The van der Waals surface area contributed by atoms with Crippen LogP contribution in [0.3, 0.4) is 0 Å². The van der Waals surface area contributed by atoms with E-state index >= 15 is 0 Å². The maximum atomic E-state index is 13.1. The Bertz CT molecular complexity index is 2530. The zero-order valence-corrected chi connectivity index (χ0v) is 68.4. The number of phosphoric ester groups is 2. The van der Waals surface area contributed by atoms with Crippen LogP contribution in [0.2, 0.25) is 0 Å². The number of allylic oxidation sites excluding steroid dienone is 22. The van der Waals surface area contributed by atoms with Crippen molar-refractivity contribution < 1.29 is 80.2 Å². The van der Waals surface area contributed by atoms with E-state index < -0.39 is 97.5 Å². The number of unbranched alkanes of at least 4 members (excludes halogenated alkanes) is 29. The van der Waals surface area contributed by atoms with Gasteiger partial charge in [0.25, 0.3) is 0 Å². The quantitative estimate of drug-likeness (QED) is 0.0169. The number of rotatable bonds is 77. The molecule has 0 aliphatic carbocycles. The van der Waals surface area contributed by atoms with E-state index in [-0.39, 0.29) is 25.7 Å². The van der Waals surface area contributed by atoms with Crippen molar-refractivity contribution in [2.45, 2.75) is 354 Å². The molecule has 0 amide bonds. The minimum Gasteiger partial charge on any atom is -0.462 e. The van der Waals surface area contributed by atoms with E-state index in [1.165, 1.54) is 89.9 Å². The van der Waals surface area contributed by atoms with Gasteiger partial charge in [-0.05, 0) is 161 Å². The minimum atomic E-state index is -5.00. The van der Waals surface area contributed by atoms with Crippen molar-refractivity contribution in [3.63, 3.8) is 0 Å². The topological polar surface area (TPSA) is 237 Å². The van der Waals surface area contributed by atoms with Gasteiger partial charge in [-0.1, -0.05) is 283 Å². The molecule has 0 heterocycles. The molecule has 0 bridgehead atoms. The average molecular weight is 1530 g/mol. The molecule has 17 nitrogen and oxygen atoms in total. The first kappa shape index (κ1) is 101. The number of aliphatic hydroxyl groups is 1. The molecular weight excluding hydrogens is 1380 g/mol. The summed E-state index contributed by atoms with van der Waals surface area (Å²) >= 11 is 0. The molecular formula is C87H148O17P2. The van der Waals surface area contributed by atoms with E-state index in [0.717, 1.165) is 161 Å². The Morgan fingerprint density at radius 1 is 0.274 bits per heavy atom. The van der Waals surface area contributed by atoms with Crippen LogP contribution in [0.1, 0.15) is 336 Å². The highest BCUT2D eigenvalue weighted by Crippen LogP contribution is 2.45. The predicted molar refractivity (Wildman–Crippen MR) is 436 cm³/mol. The zero-order valence-electron chi connectivity index (χ0n) is 66.6. The molecule has 0 saturated heterocycles. The lowest BCUT2D eigenvalue weighted by Crippen LogP contribution is -2.30. The molecule has 106 heavy (non-hydrogen) atoms. The van der Waals surface area contributed by atoms with Crippen LogP contribution in [0, 0.1) is 0 Å². The van der Waals surface area contributed by atoms with Crippen LogP contribution >= 0.6 is 15.6 Å². The van der Waals surface area contributed by atoms with Crippen molar-refractivity contribution in [3.05, 3.63) is 134 Å². The number of aliphatic hydroxyl groups excluding tert-OH is 1. The van der Waals surface area contributed by atoms with Crippen molar-refractivity contribution in [3.8, 4) is 0 Å². The fourth-order valence-corrected chi connectivity index (χ4v) is 12.3. The molecule has 0 fully saturated rings. The Morgan fingerprint density at radius 3 is 0.840 bits per heavy atom. The molecule has 2 unspecified atom stereocenters. The Labute approximate surface area is 644 Å². The van der Waals surface area contributed by atoms with Crippen molar-refractivity contribution >= 4 is 39.5 Å². The van der Waals surface area contributed by atoms with Crippen LogP contribution in [-0.2, 0) is 65.4 Å². The summed E-state index contributed by atoms with van der Waals surface area (Å²) in [5.74, 6) is -2.29. The first-order valence-corrected chi connectivity index (χ1v) is 44.4. The SMILES string of the molecule is CC/C=C\C/C=C\C/C=C\C/C=C\C/C=C\CCCCCC(=O)O[C@H](COC(=O)CCCCCCC/C=C\CCCCCCCC)COP(=O)(O)OC[C@@H](O)COP(=O)(O)OC[C@@H](COC(=O)CCCCCCCCC/C=C\CCCCCC)OC(=O)CCC/C=C\C/C=C\C/C=C\C/C=C\CCCCC. The van der Waals surface area contributed by atoms with Crippen LogP contribution in [0.5, 0.6) is 0 Å². The molecule has 5 atom stereocenters. The molecule has 19 heteroatoms. The van der Waals surface area contributed by atoms with Crippen LogP contribution < -0.4 is 0 Å². The highest BCUT2D eigenvalue weighted by atomic mass is 31.2. The standard InChI is InChI=1S/C87H148O17P2/c1-5-9-13-17-21-25-29-33-37-39-40-42-46-50-54-58-62-66-70-74-87(92)104-83(78-98-85(90)72-68-64-60-56-52-48-44-36-32-28-24-20-16-12-8-4)80-102-106(95,96)100-76-81(88)75-99-105(93,94)101-79-82(77-97-84(89)71-67-63-59-55-51-47-43-35-31-27-23-19-15-11-7-3)103-86(91)73-69-65-61-57-53-49-45-41-38-34-30-26-22-18-14-10-6-2/h9,13,21-22,25-27,31,33-34,36-38,40,42,44-45,49-50,54,57,61,81-83,88H,5-8,10-12,14-20,23-24,28-30,32,35,39,41,43,46-48,51-53,55-56,58-60,62-80H2,1-4H3,(H,93,94)(H,95,96)/b13-9-,25-21-,26-22-,31-27-,37-33-,38-34-,42-40-,44-36-,49-45-,54-50-,61-57-/t81-,82+,83+/m0/s1. The summed E-state index contributed by atoms with van der Waals surface area (Å²) in [7, 11) is -10.00. The second-order valence-corrected chi connectivity index (χ2v) is 30.2. The lowest BCUT2D eigenvalue weighted by Gasteiger charge is -2.21. The molecule has 0 rings (SSSR count). The molecule has 0 aromatic rings. The Hall–Kier alpha value is -4.80. The highest BCUT2D eigenvalue weighted by molar-refractivity contribution is 7.47. The van der Waals surface area contributed by atoms with E-state index in [9.17, 15) is 43.2 Å². The summed E-state index contributed by atoms with van der Waals surface area (Å²) in [5, 5.41) is 10.7. The van der Waals surface area contributed by atoms with Crippen molar-refractivity contribution in [1.29, 1.82) is 0 Å². The third-order valence-corrected chi connectivity index (χ3v) is 19.0. The number of carbonyl (C=O) groups is 4. The van der Waals surface area contributed by atoms with Gasteiger partial charge in [-0.25, -0.2) is 9.13 Å². The summed E-state index contributed by atoms with van der Waals surface area (Å²) in [6.45, 7) is 4.63. The smallest absolute Gasteiger partial charge is 0.462 e. The maximum Gasteiger partial charge on any atom is 0.472 e. The second kappa shape index (κ2) is 78.3. The molecule has 0 aliphatic rings. The maximum absolute atomic E-state index is 13.1. The molecule has 0 aromatic carbocycles. The summed E-state index contributed by atoms with van der Waals surface area (Å²) < 4.78 is 68.6. The third kappa shape index (κ3) is 77.4. The highest BCUT2D eigenvalue weighted by Gasteiger charge is 2.30. The van der Waals surface area contributed by atoms with Gasteiger partial charge in [0.15, 0.2) is 12.2 Å². The fourth-order valence-electron chi connectivity index (χ4n) is 10.8. The van der Waals surface area contributed by atoms with Crippen molar-refractivity contribution in [1.82, 2.24) is 0 Å². The minimum absolute atomic E-state index is 0.0155. The number of ether oxygens (including phenoxy) is 4. The Morgan fingerprint density at radius 2 is 0.500 bits per heavy atom. The lowest BCUT2D eigenvalue weighted by atomic mass is 10.1. The molecule has 608 valence electrons. The predicted octanol–water partition coefficient (Wildman–Crippen LogP) is 24.4. The van der Waals surface area contributed by atoms with Gasteiger partial charge < -0.3 is 33.8 Å². The number of phosphoric acid groups is 2. The summed E-state index contributed by atoms with van der Waals surface area (Å²) in [6, 6.07) is 0. The van der Waals surface area contributed by atoms with Gasteiger partial charge in [0, 0.05) is 25.7 Å². The molecule has 3 N–H and O–H groups in total. The zero-order chi connectivity index (χ0) is 77.4. The summed E-state index contributed by atoms with van der Waals surface area (Å²) in [4.78, 5) is 73.1. The second-order valence-electron chi connectivity index (χ2n) is 27.3. The van der Waals surface area contributed by atoms with Crippen LogP contribution in [-0.4, -0.2) is 96.7 Å². The van der Waals surface area contributed by atoms with Gasteiger partial charge in [-0.3, -0.25) is 37.3 Å². The van der Waals surface area contributed by atoms with E-state index in [1.807, 2.05) is 12.2 Å². The molecule has 0 radical (unpaired) electrons. The first-order valence-electron chi connectivity index (χ1n) is 41.4. The van der Waals surface area contributed by atoms with Gasteiger partial charge in [0.1, 0.15) is 19.3 Å². The monoisotopic (exact) mass is 1530 g/mol. The summed E-state index contributed by atoms with van der Waals surface area (Å²) in [5.41, 5.74) is 0. The van der Waals surface area contributed by atoms with Crippen molar-refractivity contribution in [2.75, 3.05) is 39.6 Å². The molecule has 0 aliphatic heterocycles. The largest absolute Gasteiger partial charge is 0.472 e. The van der Waals surface area contributed by atoms with E-state index in [2.05, 4.69) is 149 Å². The van der Waals surface area contributed by atoms with E-state index in [1.54, 1.807) is 0 Å². The van der Waals surface area contributed by atoms with Gasteiger partial charge in [0.2, 0.25) is 0 Å². The lowest BCUT2D eigenvalue weighted by molar-refractivity contribution is -0.161. The molecule has 0 aromatic heterocycles. The first-order chi connectivity index (χ1) is 51.7.